The first-order valence-electron chi connectivity index (χ1n) is 7.19. The van der Waals surface area contributed by atoms with Crippen molar-refractivity contribution in [2.24, 2.45) is 5.92 Å². The summed E-state index contributed by atoms with van der Waals surface area (Å²) in [6.45, 7) is 3.87. The van der Waals surface area contributed by atoms with Gasteiger partial charge in [-0.2, -0.15) is 0 Å². The topological polar surface area (TPSA) is 82.5 Å². The van der Waals surface area contributed by atoms with Crippen molar-refractivity contribution in [2.45, 2.75) is 26.3 Å². The number of amides is 1. The normalized spacial score (nSPS) is 16.0. The number of carbonyl (C=O) groups excluding carboxylic acids is 1. The van der Waals surface area contributed by atoms with Gasteiger partial charge < -0.3 is 15.3 Å². The van der Waals surface area contributed by atoms with Crippen LogP contribution in [-0.4, -0.2) is 46.5 Å². The smallest absolute Gasteiger partial charge is 0.306 e. The number of nitrogens with zero attached hydrogens (tertiary/aromatic N) is 2. The molecule has 2 N–H and O–H groups in total. The minimum Gasteiger partial charge on any atom is -0.481 e. The average Bonchev–Trinajstić information content (AvgIpc) is 2.49. The predicted octanol–water partition coefficient (Wildman–Crippen LogP) is 0.803. The first-order valence-corrected chi connectivity index (χ1v) is 7.19. The molecule has 0 aliphatic carbocycles. The van der Waals surface area contributed by atoms with Crippen LogP contribution in [0.2, 0.25) is 0 Å². The summed E-state index contributed by atoms with van der Waals surface area (Å²) in [5, 5.41) is 12.0. The van der Waals surface area contributed by atoms with Crippen molar-refractivity contribution in [3.05, 3.63) is 29.6 Å². The van der Waals surface area contributed by atoms with E-state index >= 15 is 0 Å². The van der Waals surface area contributed by atoms with Crippen molar-refractivity contribution in [1.29, 1.82) is 0 Å². The molecule has 1 amide bonds. The van der Waals surface area contributed by atoms with E-state index in [0.717, 1.165) is 11.3 Å². The molecule has 0 atom stereocenters. The lowest BCUT2D eigenvalue weighted by Gasteiger charge is -2.30. The van der Waals surface area contributed by atoms with Gasteiger partial charge in [-0.3, -0.25) is 14.6 Å². The Balaban J connectivity index is 1.70. The highest BCUT2D eigenvalue weighted by Gasteiger charge is 2.26. The summed E-state index contributed by atoms with van der Waals surface area (Å²) in [6.07, 6.45) is 2.89. The van der Waals surface area contributed by atoms with E-state index in [2.05, 4.69) is 10.3 Å². The van der Waals surface area contributed by atoms with Crippen LogP contribution in [0, 0.1) is 12.8 Å². The zero-order valence-corrected chi connectivity index (χ0v) is 12.2. The van der Waals surface area contributed by atoms with Crippen molar-refractivity contribution >= 4 is 11.9 Å². The maximum absolute atomic E-state index is 12.0. The first-order chi connectivity index (χ1) is 10.1. The van der Waals surface area contributed by atoms with Crippen molar-refractivity contribution in [3.8, 4) is 0 Å². The number of carboxylic acid groups (broad SMARTS) is 1. The Bertz CT molecular complexity index is 493. The Morgan fingerprint density at radius 3 is 2.67 bits per heavy atom. The van der Waals surface area contributed by atoms with E-state index in [1.807, 2.05) is 19.1 Å². The van der Waals surface area contributed by atoms with E-state index in [0.29, 0.717) is 32.5 Å². The number of carbonyl (C=O) groups is 2. The maximum atomic E-state index is 12.0. The van der Waals surface area contributed by atoms with Gasteiger partial charge in [0.25, 0.3) is 0 Å². The standard InChI is InChI=1S/C15H21N3O3/c1-11-2-3-12(9-17-11)8-16-10-14(19)18-6-4-13(5-7-18)15(20)21/h2-3,9,13,16H,4-8,10H2,1H3,(H,20,21). The summed E-state index contributed by atoms with van der Waals surface area (Å²) in [5.41, 5.74) is 2.01. The van der Waals surface area contributed by atoms with Gasteiger partial charge >= 0.3 is 5.97 Å². The molecule has 0 saturated carbocycles. The number of hydrogen-bond donors (Lipinski definition) is 2. The molecule has 2 heterocycles. The number of aromatic nitrogens is 1. The van der Waals surface area contributed by atoms with E-state index in [-0.39, 0.29) is 18.4 Å². The number of nitrogens with one attached hydrogen (secondary N) is 1. The molecule has 0 radical (unpaired) electrons. The van der Waals surface area contributed by atoms with Gasteiger partial charge in [0.05, 0.1) is 12.5 Å². The van der Waals surface area contributed by atoms with Crippen LogP contribution in [0.15, 0.2) is 18.3 Å². The molecule has 1 saturated heterocycles. The molecule has 2 rings (SSSR count). The van der Waals surface area contributed by atoms with E-state index in [1.54, 1.807) is 11.1 Å². The Labute approximate surface area is 124 Å². The molecule has 1 aliphatic rings. The fourth-order valence-corrected chi connectivity index (χ4v) is 2.40. The highest BCUT2D eigenvalue weighted by molar-refractivity contribution is 5.78. The third kappa shape index (κ3) is 4.53. The second kappa shape index (κ2) is 7.17. The molecule has 0 aromatic carbocycles. The number of aryl methyl sites for hydroxylation is 1. The van der Waals surface area contributed by atoms with E-state index < -0.39 is 5.97 Å². The van der Waals surface area contributed by atoms with Gasteiger partial charge in [0.15, 0.2) is 0 Å². The number of likely N-dealkylation sites (tertiary alicyclic amines) is 1. The van der Waals surface area contributed by atoms with Crippen LogP contribution in [-0.2, 0) is 16.1 Å². The van der Waals surface area contributed by atoms with Crippen LogP contribution in [0.3, 0.4) is 0 Å². The Kier molecular flexibility index (Phi) is 5.27. The summed E-state index contributed by atoms with van der Waals surface area (Å²) in [4.78, 5) is 28.8. The molecule has 6 heteroatoms. The summed E-state index contributed by atoms with van der Waals surface area (Å²) in [5.74, 6) is -1.04. The Morgan fingerprint density at radius 2 is 2.10 bits per heavy atom. The number of piperidine rings is 1. The molecular formula is C15H21N3O3. The van der Waals surface area contributed by atoms with Gasteiger partial charge in [0.1, 0.15) is 0 Å². The molecule has 0 bridgehead atoms. The van der Waals surface area contributed by atoms with Crippen LogP contribution in [0.25, 0.3) is 0 Å². The van der Waals surface area contributed by atoms with E-state index in [1.165, 1.54) is 0 Å². The number of pyridine rings is 1. The molecule has 114 valence electrons. The van der Waals surface area contributed by atoms with Gasteiger partial charge in [-0.1, -0.05) is 6.07 Å². The zero-order chi connectivity index (χ0) is 15.2. The predicted molar refractivity (Wildman–Crippen MR) is 77.6 cm³/mol. The third-order valence-corrected chi connectivity index (χ3v) is 3.77. The molecule has 1 aromatic rings. The molecule has 0 unspecified atom stereocenters. The molecule has 6 nitrogen and oxygen atoms in total. The van der Waals surface area contributed by atoms with Gasteiger partial charge in [-0.05, 0) is 31.4 Å². The fraction of sp³-hybridized carbons (Fsp3) is 0.533. The SMILES string of the molecule is Cc1ccc(CNCC(=O)N2CCC(C(=O)O)CC2)cn1. The molecule has 1 fully saturated rings. The van der Waals surface area contributed by atoms with Gasteiger partial charge in [-0.25, -0.2) is 0 Å². The van der Waals surface area contributed by atoms with E-state index in [9.17, 15) is 9.59 Å². The number of aliphatic carboxylic acids is 1. The second-order valence-corrected chi connectivity index (χ2v) is 5.40. The summed E-state index contributed by atoms with van der Waals surface area (Å²) in [6, 6.07) is 3.92. The van der Waals surface area contributed by atoms with Gasteiger partial charge in [0, 0.05) is 31.5 Å². The summed E-state index contributed by atoms with van der Waals surface area (Å²) < 4.78 is 0. The highest BCUT2D eigenvalue weighted by Crippen LogP contribution is 2.17. The van der Waals surface area contributed by atoms with Gasteiger partial charge in [-0.15, -0.1) is 0 Å². The second-order valence-electron chi connectivity index (χ2n) is 5.40. The van der Waals surface area contributed by atoms with Crippen LogP contribution < -0.4 is 5.32 Å². The van der Waals surface area contributed by atoms with Crippen molar-refractivity contribution in [3.63, 3.8) is 0 Å². The zero-order valence-electron chi connectivity index (χ0n) is 12.2. The number of hydrogen-bond acceptors (Lipinski definition) is 4. The van der Waals surface area contributed by atoms with Crippen molar-refractivity contribution in [2.75, 3.05) is 19.6 Å². The average molecular weight is 291 g/mol. The lowest BCUT2D eigenvalue weighted by molar-refractivity contribution is -0.145. The third-order valence-electron chi connectivity index (χ3n) is 3.77. The quantitative estimate of drug-likeness (QED) is 0.838. The minimum absolute atomic E-state index is 0.0268. The Morgan fingerprint density at radius 1 is 1.38 bits per heavy atom. The van der Waals surface area contributed by atoms with Crippen molar-refractivity contribution in [1.82, 2.24) is 15.2 Å². The van der Waals surface area contributed by atoms with Crippen LogP contribution in [0.5, 0.6) is 0 Å². The molecule has 21 heavy (non-hydrogen) atoms. The number of rotatable bonds is 5. The first kappa shape index (κ1) is 15.4. The lowest BCUT2D eigenvalue weighted by atomic mass is 9.97. The van der Waals surface area contributed by atoms with E-state index in [4.69, 9.17) is 5.11 Å². The maximum Gasteiger partial charge on any atom is 0.306 e. The van der Waals surface area contributed by atoms with Crippen LogP contribution in [0.4, 0.5) is 0 Å². The van der Waals surface area contributed by atoms with Crippen molar-refractivity contribution < 1.29 is 14.7 Å². The minimum atomic E-state index is -0.757. The molecular weight excluding hydrogens is 270 g/mol. The Hall–Kier alpha value is -1.95. The summed E-state index contributed by atoms with van der Waals surface area (Å²) in [7, 11) is 0. The van der Waals surface area contributed by atoms with Crippen LogP contribution in [0.1, 0.15) is 24.1 Å². The van der Waals surface area contributed by atoms with Gasteiger partial charge in [0.2, 0.25) is 5.91 Å². The molecule has 1 aliphatic heterocycles. The fourth-order valence-electron chi connectivity index (χ4n) is 2.40. The molecule has 1 aromatic heterocycles. The monoisotopic (exact) mass is 291 g/mol. The lowest BCUT2D eigenvalue weighted by Crippen LogP contribution is -2.43. The summed E-state index contributed by atoms with van der Waals surface area (Å²) >= 11 is 0. The number of carboxylic acids is 1. The highest BCUT2D eigenvalue weighted by atomic mass is 16.4. The largest absolute Gasteiger partial charge is 0.481 e. The van der Waals surface area contributed by atoms with Crippen LogP contribution >= 0.6 is 0 Å². The molecule has 0 spiro atoms.